The number of halogens is 2. The quantitative estimate of drug-likeness (QED) is 0.518. The minimum atomic E-state index is -2.43. The molecular weight excluding hydrogens is 415 g/mol. The van der Waals surface area contributed by atoms with Crippen LogP contribution in [0.15, 0.2) is 41.4 Å². The Hall–Kier alpha value is -2.58. The summed E-state index contributed by atoms with van der Waals surface area (Å²) in [7, 11) is 0. The van der Waals surface area contributed by atoms with Gasteiger partial charge in [-0.1, -0.05) is 48.0 Å². The van der Waals surface area contributed by atoms with Gasteiger partial charge in [0.1, 0.15) is 4.87 Å². The Labute approximate surface area is 168 Å². The van der Waals surface area contributed by atoms with Gasteiger partial charge in [0, 0.05) is 10.4 Å². The highest BCUT2D eigenvalue weighted by Crippen LogP contribution is 2.66. The smallest absolute Gasteiger partial charge is 0.309 e. The molecule has 4 rings (SSSR count). The molecule has 1 aromatic carbocycles. The van der Waals surface area contributed by atoms with Gasteiger partial charge in [-0.25, -0.2) is 0 Å². The molecule has 0 radical (unpaired) electrons. The summed E-state index contributed by atoms with van der Waals surface area (Å²) in [5.74, 6) is -14.2. The van der Waals surface area contributed by atoms with Crippen molar-refractivity contribution < 1.29 is 39.6 Å². The monoisotopic (exact) mass is 428 g/mol. The normalized spacial score (nSPS) is 36.4. The summed E-state index contributed by atoms with van der Waals surface area (Å²) in [6.45, 7) is 0. The number of hydrogen-bond donors (Lipinski definition) is 4. The molecule has 148 valence electrons. The van der Waals surface area contributed by atoms with Crippen molar-refractivity contribution in [2.75, 3.05) is 0 Å². The van der Waals surface area contributed by atoms with E-state index >= 15 is 0 Å². The molecule has 0 spiro atoms. The van der Waals surface area contributed by atoms with Crippen LogP contribution in [0.2, 0.25) is 0 Å². The van der Waals surface area contributed by atoms with Gasteiger partial charge in [-0.15, -0.1) is 11.6 Å². The van der Waals surface area contributed by atoms with Crippen LogP contribution in [0, 0.1) is 23.7 Å². The molecule has 0 amide bonds. The molecule has 3 aliphatic rings. The third-order valence-electron chi connectivity index (χ3n) is 5.67. The van der Waals surface area contributed by atoms with Gasteiger partial charge in [0.15, 0.2) is 0 Å². The van der Waals surface area contributed by atoms with Crippen molar-refractivity contribution in [2.24, 2.45) is 23.7 Å². The largest absolute Gasteiger partial charge is 0.481 e. The second-order valence-corrected chi connectivity index (χ2v) is 7.86. The maximum absolute atomic E-state index is 12.2. The fourth-order valence-corrected chi connectivity index (χ4v) is 5.64. The first-order valence-corrected chi connectivity index (χ1v) is 8.81. The summed E-state index contributed by atoms with van der Waals surface area (Å²) in [4.78, 5) is 46.1. The molecule has 1 aromatic rings. The highest BCUT2D eigenvalue weighted by Gasteiger charge is 2.76. The van der Waals surface area contributed by atoms with E-state index in [-0.39, 0.29) is 5.56 Å². The van der Waals surface area contributed by atoms with E-state index in [1.165, 1.54) is 24.3 Å². The summed E-state index contributed by atoms with van der Waals surface area (Å²) >= 11 is 12.6. The first kappa shape index (κ1) is 20.2. The van der Waals surface area contributed by atoms with E-state index in [9.17, 15) is 39.6 Å². The molecule has 0 aromatic heterocycles. The maximum Gasteiger partial charge on any atom is 0.309 e. The minimum Gasteiger partial charge on any atom is -0.481 e. The SMILES string of the molecule is O=C(O)[C@@H]1[C@H](C(=O)O)C2(c3ccccc3)C=C(Cl)C1(Cl)[C@@H](C(=O)O)[C@H]2C(=O)O. The zero-order valence-corrected chi connectivity index (χ0v) is 15.5. The molecule has 0 aliphatic heterocycles. The van der Waals surface area contributed by atoms with E-state index in [4.69, 9.17) is 23.2 Å². The number of benzene rings is 1. The van der Waals surface area contributed by atoms with Crippen LogP contribution in [0.3, 0.4) is 0 Å². The van der Waals surface area contributed by atoms with Gasteiger partial charge in [-0.05, 0) is 5.56 Å². The molecule has 0 heterocycles. The van der Waals surface area contributed by atoms with Crippen molar-refractivity contribution in [3.63, 3.8) is 0 Å². The molecular formula is C18H14Cl2O8. The number of hydrogen-bond acceptors (Lipinski definition) is 4. The van der Waals surface area contributed by atoms with Gasteiger partial charge >= 0.3 is 23.9 Å². The van der Waals surface area contributed by atoms with Gasteiger partial charge in [0.2, 0.25) is 0 Å². The Bertz CT molecular complexity index is 869. The first-order valence-electron chi connectivity index (χ1n) is 8.05. The lowest BCUT2D eigenvalue weighted by Crippen LogP contribution is -2.72. The molecule has 10 heteroatoms. The van der Waals surface area contributed by atoms with Crippen molar-refractivity contribution in [2.45, 2.75) is 10.3 Å². The van der Waals surface area contributed by atoms with Crippen LogP contribution >= 0.6 is 23.2 Å². The average molecular weight is 429 g/mol. The second-order valence-electron chi connectivity index (χ2n) is 6.82. The molecule has 6 atom stereocenters. The predicted octanol–water partition coefficient (Wildman–Crippen LogP) is 1.86. The molecule has 1 fully saturated rings. The molecule has 8 nitrogen and oxygen atoms in total. The highest BCUT2D eigenvalue weighted by atomic mass is 35.5. The first-order chi connectivity index (χ1) is 13.0. The van der Waals surface area contributed by atoms with Crippen LogP contribution in [-0.4, -0.2) is 49.2 Å². The fourth-order valence-electron chi connectivity index (χ4n) is 4.73. The standard InChI is InChI=1S/C18H14Cl2O8/c19-8-6-17(7-4-2-1-3-5-7)9(13(21)22)11(15(25)26)18(8,20)12(16(27)28)10(17)14(23)24/h1-6,9-12H,(H,21,22)(H,23,24)(H,25,26)(H,27,28)/t9-,10+,11+,12-,17?,18?. The van der Waals surface area contributed by atoms with Crippen LogP contribution in [-0.2, 0) is 24.6 Å². The zero-order valence-electron chi connectivity index (χ0n) is 14.0. The topological polar surface area (TPSA) is 149 Å². The van der Waals surface area contributed by atoms with E-state index in [2.05, 4.69) is 0 Å². The second kappa shape index (κ2) is 6.49. The predicted molar refractivity (Wildman–Crippen MR) is 95.1 cm³/mol. The number of carboxylic acid groups (broad SMARTS) is 4. The van der Waals surface area contributed by atoms with E-state index in [1.54, 1.807) is 6.07 Å². The molecule has 0 saturated heterocycles. The number of alkyl halides is 1. The Kier molecular flexibility index (Phi) is 4.68. The van der Waals surface area contributed by atoms with Gasteiger partial charge in [-0.2, -0.15) is 0 Å². The van der Waals surface area contributed by atoms with Gasteiger partial charge in [-0.3, -0.25) is 19.2 Å². The minimum absolute atomic E-state index is 0.129. The number of aliphatic carboxylic acids is 4. The van der Waals surface area contributed by atoms with Crippen LogP contribution in [0.5, 0.6) is 0 Å². The molecule has 2 unspecified atom stereocenters. The number of carbonyl (C=O) groups is 4. The lowest BCUT2D eigenvalue weighted by Gasteiger charge is -2.60. The van der Waals surface area contributed by atoms with Crippen molar-refractivity contribution in [3.05, 3.63) is 47.0 Å². The highest BCUT2D eigenvalue weighted by molar-refractivity contribution is 6.42. The van der Waals surface area contributed by atoms with Crippen molar-refractivity contribution >= 4 is 47.1 Å². The fraction of sp³-hybridized carbons (Fsp3) is 0.333. The molecule has 3 aliphatic carbocycles. The average Bonchev–Trinajstić information content (AvgIpc) is 2.61. The Balaban J connectivity index is 2.52. The van der Waals surface area contributed by atoms with E-state index in [0.29, 0.717) is 0 Å². The summed E-state index contributed by atoms with van der Waals surface area (Å²) in [6.07, 6.45) is 1.10. The number of fused-ring (bicyclic) bond motifs is 2. The lowest BCUT2D eigenvalue weighted by molar-refractivity contribution is -0.179. The van der Waals surface area contributed by atoms with Crippen molar-refractivity contribution in [3.8, 4) is 0 Å². The lowest BCUT2D eigenvalue weighted by atomic mass is 9.43. The molecule has 2 bridgehead atoms. The van der Waals surface area contributed by atoms with Crippen LogP contribution < -0.4 is 0 Å². The molecule has 4 N–H and O–H groups in total. The zero-order chi connectivity index (χ0) is 21.0. The van der Waals surface area contributed by atoms with Crippen molar-refractivity contribution in [1.82, 2.24) is 0 Å². The van der Waals surface area contributed by atoms with Crippen LogP contribution in [0.1, 0.15) is 5.56 Å². The summed E-state index contributed by atoms with van der Waals surface area (Å²) in [5.41, 5.74) is -1.90. The van der Waals surface area contributed by atoms with E-state index in [1.807, 2.05) is 0 Å². The maximum atomic E-state index is 12.2. The summed E-state index contributed by atoms with van der Waals surface area (Å²) in [5, 5.41) is 38.9. The number of carboxylic acids is 4. The van der Waals surface area contributed by atoms with E-state index < -0.39 is 62.9 Å². The van der Waals surface area contributed by atoms with E-state index in [0.717, 1.165) is 6.08 Å². The number of rotatable bonds is 5. The summed E-state index contributed by atoms with van der Waals surface area (Å²) < 4.78 is 0. The Morgan fingerprint density at radius 1 is 0.750 bits per heavy atom. The summed E-state index contributed by atoms with van der Waals surface area (Å²) in [6, 6.07) is 7.43. The molecule has 1 saturated carbocycles. The Morgan fingerprint density at radius 2 is 1.14 bits per heavy atom. The third kappa shape index (κ3) is 2.37. The van der Waals surface area contributed by atoms with Gasteiger partial charge < -0.3 is 20.4 Å². The Morgan fingerprint density at radius 3 is 1.50 bits per heavy atom. The molecule has 28 heavy (non-hydrogen) atoms. The van der Waals surface area contributed by atoms with Crippen LogP contribution in [0.25, 0.3) is 0 Å². The third-order valence-corrected chi connectivity index (χ3v) is 6.86. The van der Waals surface area contributed by atoms with Crippen molar-refractivity contribution in [1.29, 1.82) is 0 Å². The van der Waals surface area contributed by atoms with Gasteiger partial charge in [0.25, 0.3) is 0 Å². The number of allylic oxidation sites excluding steroid dienone is 2. The van der Waals surface area contributed by atoms with Crippen LogP contribution in [0.4, 0.5) is 0 Å². The van der Waals surface area contributed by atoms with Gasteiger partial charge in [0.05, 0.1) is 23.7 Å².